The van der Waals surface area contributed by atoms with Gasteiger partial charge in [0.25, 0.3) is 5.91 Å². The summed E-state index contributed by atoms with van der Waals surface area (Å²) in [6, 6.07) is 1.58. The number of hydrogen-bond acceptors (Lipinski definition) is 6. The van der Waals surface area contributed by atoms with E-state index in [2.05, 4.69) is 10.6 Å². The number of fused-ring (bicyclic) bond motifs is 1. The Kier molecular flexibility index (Phi) is 4.06. The van der Waals surface area contributed by atoms with Crippen LogP contribution >= 0.6 is 11.3 Å². The molecule has 1 unspecified atom stereocenters. The van der Waals surface area contributed by atoms with Crippen molar-refractivity contribution in [3.05, 3.63) is 16.5 Å². The molecule has 0 spiro atoms. The predicted molar refractivity (Wildman–Crippen MR) is 73.7 cm³/mol. The van der Waals surface area contributed by atoms with E-state index >= 15 is 0 Å². The highest BCUT2D eigenvalue weighted by molar-refractivity contribution is 7.18. The number of hydrogen-bond donors (Lipinski definition) is 2. The summed E-state index contributed by atoms with van der Waals surface area (Å²) in [4.78, 5) is 26.0. The van der Waals surface area contributed by atoms with Crippen molar-refractivity contribution < 1.29 is 14.3 Å². The van der Waals surface area contributed by atoms with E-state index in [9.17, 15) is 9.59 Å². The van der Waals surface area contributed by atoms with E-state index < -0.39 is 0 Å². The molecule has 1 aliphatic rings. The van der Waals surface area contributed by atoms with E-state index in [1.54, 1.807) is 6.07 Å². The van der Waals surface area contributed by atoms with Crippen LogP contribution < -0.4 is 10.6 Å². The standard InChI is InChI=1S/C12H17N3O3S/c1-7(5-15(2)3)18-12(17)9-4-8-10(16)13-6-14-11(8)19-9/h4,7,14H,5-6H2,1-3H3,(H,13,16). The second kappa shape index (κ2) is 5.58. The lowest BCUT2D eigenvalue weighted by Gasteiger charge is -2.16. The van der Waals surface area contributed by atoms with Crippen LogP contribution in [0.2, 0.25) is 0 Å². The van der Waals surface area contributed by atoms with Crippen LogP contribution in [0.5, 0.6) is 0 Å². The Morgan fingerprint density at radius 1 is 1.53 bits per heavy atom. The third-order valence-corrected chi connectivity index (χ3v) is 3.68. The minimum Gasteiger partial charge on any atom is -0.457 e. The molecular weight excluding hydrogens is 266 g/mol. The molecule has 6 nitrogen and oxygen atoms in total. The highest BCUT2D eigenvalue weighted by atomic mass is 32.1. The molecule has 0 fully saturated rings. The molecule has 0 aliphatic carbocycles. The predicted octanol–water partition coefficient (Wildman–Crippen LogP) is 0.968. The van der Waals surface area contributed by atoms with E-state index in [1.807, 2.05) is 25.9 Å². The summed E-state index contributed by atoms with van der Waals surface area (Å²) in [7, 11) is 3.84. The van der Waals surface area contributed by atoms with Gasteiger partial charge in [-0.1, -0.05) is 0 Å². The van der Waals surface area contributed by atoms with Crippen LogP contribution in [0.25, 0.3) is 0 Å². The van der Waals surface area contributed by atoms with Gasteiger partial charge in [0.15, 0.2) is 0 Å². The van der Waals surface area contributed by atoms with Crippen molar-refractivity contribution in [2.45, 2.75) is 13.0 Å². The Bertz CT molecular complexity index is 498. The molecular formula is C12H17N3O3S. The highest BCUT2D eigenvalue weighted by Crippen LogP contribution is 2.30. The first kappa shape index (κ1) is 13.8. The van der Waals surface area contributed by atoms with Gasteiger partial charge < -0.3 is 20.3 Å². The lowest BCUT2D eigenvalue weighted by atomic mass is 10.2. The molecule has 0 bridgehead atoms. The fourth-order valence-electron chi connectivity index (χ4n) is 1.88. The third kappa shape index (κ3) is 3.24. The molecule has 2 heterocycles. The van der Waals surface area contributed by atoms with Gasteiger partial charge in [-0.3, -0.25) is 4.79 Å². The zero-order chi connectivity index (χ0) is 14.0. The quantitative estimate of drug-likeness (QED) is 0.806. The molecule has 1 aromatic heterocycles. The Morgan fingerprint density at radius 3 is 2.89 bits per heavy atom. The number of thiophene rings is 1. The van der Waals surface area contributed by atoms with E-state index in [0.717, 1.165) is 5.00 Å². The van der Waals surface area contributed by atoms with E-state index in [-0.39, 0.29) is 18.0 Å². The van der Waals surface area contributed by atoms with Crippen molar-refractivity contribution >= 4 is 28.2 Å². The van der Waals surface area contributed by atoms with Crippen LogP contribution in [0.15, 0.2) is 6.07 Å². The largest absolute Gasteiger partial charge is 0.457 e. The van der Waals surface area contributed by atoms with Crippen molar-refractivity contribution in [1.29, 1.82) is 0 Å². The van der Waals surface area contributed by atoms with Gasteiger partial charge in [0.05, 0.1) is 12.2 Å². The molecule has 0 aromatic carbocycles. The Labute approximate surface area is 115 Å². The van der Waals surface area contributed by atoms with E-state index in [4.69, 9.17) is 4.74 Å². The van der Waals surface area contributed by atoms with Crippen molar-refractivity contribution in [1.82, 2.24) is 10.2 Å². The van der Waals surface area contributed by atoms with Crippen LogP contribution in [-0.2, 0) is 4.74 Å². The number of esters is 1. The van der Waals surface area contributed by atoms with Crippen LogP contribution in [0.3, 0.4) is 0 Å². The van der Waals surface area contributed by atoms with Gasteiger partial charge in [-0.25, -0.2) is 4.79 Å². The lowest BCUT2D eigenvalue weighted by molar-refractivity contribution is 0.0295. The van der Waals surface area contributed by atoms with Gasteiger partial charge in [0.1, 0.15) is 16.0 Å². The molecule has 1 atom stereocenters. The average Bonchev–Trinajstić information content (AvgIpc) is 2.73. The molecule has 0 radical (unpaired) electrons. The number of nitrogens with zero attached hydrogens (tertiary/aromatic N) is 1. The summed E-state index contributed by atoms with van der Waals surface area (Å²) >= 11 is 1.25. The molecule has 7 heteroatoms. The summed E-state index contributed by atoms with van der Waals surface area (Å²) in [6.07, 6.45) is -0.191. The zero-order valence-electron chi connectivity index (χ0n) is 11.1. The molecule has 1 amide bonds. The summed E-state index contributed by atoms with van der Waals surface area (Å²) in [5.41, 5.74) is 0.503. The molecule has 19 heavy (non-hydrogen) atoms. The van der Waals surface area contributed by atoms with Crippen LogP contribution in [0.1, 0.15) is 27.0 Å². The second-order valence-corrected chi connectivity index (χ2v) is 5.74. The topological polar surface area (TPSA) is 70.7 Å². The van der Waals surface area contributed by atoms with Crippen molar-refractivity contribution in [2.75, 3.05) is 32.6 Å². The average molecular weight is 283 g/mol. The maximum Gasteiger partial charge on any atom is 0.348 e. The smallest absolute Gasteiger partial charge is 0.348 e. The second-order valence-electron chi connectivity index (χ2n) is 4.69. The van der Waals surface area contributed by atoms with Gasteiger partial charge in [-0.15, -0.1) is 11.3 Å². The number of likely N-dealkylation sites (N-methyl/N-ethyl adjacent to an activating group) is 1. The summed E-state index contributed by atoms with van der Waals surface area (Å²) in [5, 5.41) is 6.40. The normalized spacial score (nSPS) is 15.5. The lowest BCUT2D eigenvalue weighted by Crippen LogP contribution is -2.33. The first-order chi connectivity index (χ1) is 8.97. The minimum atomic E-state index is -0.386. The first-order valence-electron chi connectivity index (χ1n) is 5.99. The van der Waals surface area contributed by atoms with Crippen molar-refractivity contribution in [3.63, 3.8) is 0 Å². The Balaban J connectivity index is 2.06. The summed E-state index contributed by atoms with van der Waals surface area (Å²) in [6.45, 7) is 2.89. The summed E-state index contributed by atoms with van der Waals surface area (Å²) in [5.74, 6) is -0.547. The fraction of sp³-hybridized carbons (Fsp3) is 0.500. The van der Waals surface area contributed by atoms with Crippen molar-refractivity contribution in [3.8, 4) is 0 Å². The van der Waals surface area contributed by atoms with Crippen LogP contribution in [-0.4, -0.2) is 50.2 Å². The van der Waals surface area contributed by atoms with Gasteiger partial charge in [0.2, 0.25) is 0 Å². The van der Waals surface area contributed by atoms with Gasteiger partial charge >= 0.3 is 5.97 Å². The Morgan fingerprint density at radius 2 is 2.26 bits per heavy atom. The number of carbonyl (C=O) groups is 2. The molecule has 1 aromatic rings. The van der Waals surface area contributed by atoms with Crippen LogP contribution in [0.4, 0.5) is 5.00 Å². The van der Waals surface area contributed by atoms with Gasteiger partial charge in [-0.2, -0.15) is 0 Å². The number of anilines is 1. The molecule has 2 N–H and O–H groups in total. The molecule has 0 saturated carbocycles. The maximum atomic E-state index is 12.0. The number of ether oxygens (including phenoxy) is 1. The summed E-state index contributed by atoms with van der Waals surface area (Å²) < 4.78 is 5.33. The third-order valence-electron chi connectivity index (χ3n) is 2.61. The maximum absolute atomic E-state index is 12.0. The monoisotopic (exact) mass is 283 g/mol. The SMILES string of the molecule is CC(CN(C)C)OC(=O)c1cc2c(s1)NCNC2=O. The molecule has 1 aliphatic heterocycles. The minimum absolute atomic E-state index is 0.162. The van der Waals surface area contributed by atoms with Crippen molar-refractivity contribution in [2.24, 2.45) is 0 Å². The molecule has 104 valence electrons. The van der Waals surface area contributed by atoms with Gasteiger partial charge in [0, 0.05) is 6.54 Å². The van der Waals surface area contributed by atoms with E-state index in [0.29, 0.717) is 23.7 Å². The zero-order valence-corrected chi connectivity index (χ0v) is 12.0. The fourth-order valence-corrected chi connectivity index (χ4v) is 2.82. The first-order valence-corrected chi connectivity index (χ1v) is 6.80. The molecule has 2 rings (SSSR count). The number of rotatable bonds is 4. The Hall–Kier alpha value is -1.60. The number of carbonyl (C=O) groups excluding carboxylic acids is 2. The molecule has 0 saturated heterocycles. The van der Waals surface area contributed by atoms with Crippen LogP contribution in [0, 0.1) is 0 Å². The highest BCUT2D eigenvalue weighted by Gasteiger charge is 2.23. The van der Waals surface area contributed by atoms with Gasteiger partial charge in [-0.05, 0) is 27.1 Å². The number of nitrogens with one attached hydrogen (secondary N) is 2. The number of amides is 1. The van der Waals surface area contributed by atoms with E-state index in [1.165, 1.54) is 11.3 Å².